The molecule has 6 nitrogen and oxygen atoms in total. The van der Waals surface area contributed by atoms with Gasteiger partial charge in [0.05, 0.1) is 15.9 Å². The molecule has 1 aliphatic heterocycles. The highest BCUT2D eigenvalue weighted by Crippen LogP contribution is 2.28. The fourth-order valence-electron chi connectivity index (χ4n) is 3.19. The molecule has 1 aromatic carbocycles. The smallest absolute Gasteiger partial charge is 0.274 e. The molecule has 2 aromatic heterocycles. The number of carbonyl (C=O) groups is 1. The fourth-order valence-corrected chi connectivity index (χ4v) is 4.12. The van der Waals surface area contributed by atoms with Crippen LogP contribution in [0.1, 0.15) is 35.9 Å². The first-order chi connectivity index (χ1) is 12.5. The van der Waals surface area contributed by atoms with Crippen molar-refractivity contribution in [2.24, 2.45) is 0 Å². The van der Waals surface area contributed by atoms with Gasteiger partial charge < -0.3 is 9.80 Å². The van der Waals surface area contributed by atoms with Crippen LogP contribution in [0.5, 0.6) is 0 Å². The van der Waals surface area contributed by atoms with Crippen LogP contribution in [0.4, 0.5) is 0 Å². The summed E-state index contributed by atoms with van der Waals surface area (Å²) in [4.78, 5) is 21.8. The SMILES string of the molecule is CC(C)c1cc(C(=O)N2CCN(C)CC2)nn1-c1nc2ccccc2s1. The molecule has 1 fully saturated rings. The molecule has 26 heavy (non-hydrogen) atoms. The van der Waals surface area contributed by atoms with E-state index in [0.29, 0.717) is 5.69 Å². The fraction of sp³-hybridized carbons (Fsp3) is 0.421. The average molecular weight is 369 g/mol. The topological polar surface area (TPSA) is 54.3 Å². The van der Waals surface area contributed by atoms with Crippen LogP contribution in [0.15, 0.2) is 30.3 Å². The van der Waals surface area contributed by atoms with Gasteiger partial charge in [-0.05, 0) is 31.2 Å². The molecule has 0 spiro atoms. The minimum absolute atomic E-state index is 0.0138. The number of piperazine rings is 1. The van der Waals surface area contributed by atoms with Gasteiger partial charge >= 0.3 is 0 Å². The lowest BCUT2D eigenvalue weighted by Crippen LogP contribution is -2.47. The van der Waals surface area contributed by atoms with Crippen LogP contribution in [-0.4, -0.2) is 63.7 Å². The molecule has 0 atom stereocenters. The Balaban J connectivity index is 1.70. The van der Waals surface area contributed by atoms with Crippen molar-refractivity contribution < 1.29 is 4.79 Å². The molecule has 3 heterocycles. The molecule has 1 aliphatic rings. The van der Waals surface area contributed by atoms with E-state index in [4.69, 9.17) is 4.98 Å². The summed E-state index contributed by atoms with van der Waals surface area (Å²) in [5.74, 6) is 0.267. The van der Waals surface area contributed by atoms with E-state index in [2.05, 4.69) is 37.0 Å². The summed E-state index contributed by atoms with van der Waals surface area (Å²) in [6.45, 7) is 7.54. The molecule has 4 rings (SSSR count). The Kier molecular flexibility index (Phi) is 4.50. The molecule has 0 radical (unpaired) electrons. The zero-order chi connectivity index (χ0) is 18.3. The Morgan fingerprint density at radius 2 is 1.88 bits per heavy atom. The first-order valence-electron chi connectivity index (χ1n) is 8.96. The highest BCUT2D eigenvalue weighted by Gasteiger charge is 2.25. The third-order valence-electron chi connectivity index (χ3n) is 4.80. The highest BCUT2D eigenvalue weighted by atomic mass is 32.1. The summed E-state index contributed by atoms with van der Waals surface area (Å²) in [7, 11) is 2.08. The number of hydrogen-bond acceptors (Lipinski definition) is 5. The Labute approximate surface area is 157 Å². The molecule has 3 aromatic rings. The molecule has 136 valence electrons. The summed E-state index contributed by atoms with van der Waals surface area (Å²) in [5.41, 5.74) is 2.49. The summed E-state index contributed by atoms with van der Waals surface area (Å²) in [5, 5.41) is 5.46. The van der Waals surface area contributed by atoms with Crippen LogP contribution < -0.4 is 0 Å². The number of aromatic nitrogens is 3. The second-order valence-electron chi connectivity index (χ2n) is 7.08. The minimum atomic E-state index is 0.0138. The molecular formula is C19H23N5OS. The van der Waals surface area contributed by atoms with Crippen LogP contribution in [0.3, 0.4) is 0 Å². The molecular weight excluding hydrogens is 346 g/mol. The van der Waals surface area contributed by atoms with Crippen molar-refractivity contribution >= 4 is 27.5 Å². The van der Waals surface area contributed by atoms with E-state index in [1.807, 2.05) is 33.8 Å². The maximum absolute atomic E-state index is 12.9. The van der Waals surface area contributed by atoms with Crippen LogP contribution in [0.25, 0.3) is 15.3 Å². The first kappa shape index (κ1) is 17.2. The second kappa shape index (κ2) is 6.81. The largest absolute Gasteiger partial charge is 0.335 e. The molecule has 0 unspecified atom stereocenters. The highest BCUT2D eigenvalue weighted by molar-refractivity contribution is 7.20. The van der Waals surface area contributed by atoms with Gasteiger partial charge in [0.15, 0.2) is 5.69 Å². The number of carbonyl (C=O) groups excluding carboxylic acids is 1. The first-order valence-corrected chi connectivity index (χ1v) is 9.78. The number of rotatable bonds is 3. The van der Waals surface area contributed by atoms with E-state index in [-0.39, 0.29) is 11.8 Å². The summed E-state index contributed by atoms with van der Waals surface area (Å²) >= 11 is 1.60. The lowest BCUT2D eigenvalue weighted by molar-refractivity contribution is 0.0657. The summed E-state index contributed by atoms with van der Waals surface area (Å²) < 4.78 is 2.97. The third-order valence-corrected chi connectivity index (χ3v) is 5.81. The van der Waals surface area contributed by atoms with Crippen LogP contribution >= 0.6 is 11.3 Å². The van der Waals surface area contributed by atoms with Gasteiger partial charge in [-0.2, -0.15) is 5.10 Å². The van der Waals surface area contributed by atoms with Gasteiger partial charge in [-0.1, -0.05) is 37.3 Å². The Bertz CT molecular complexity index is 903. The van der Waals surface area contributed by atoms with Crippen molar-refractivity contribution in [2.45, 2.75) is 19.8 Å². The zero-order valence-electron chi connectivity index (χ0n) is 15.3. The van der Waals surface area contributed by atoms with E-state index in [9.17, 15) is 4.79 Å². The van der Waals surface area contributed by atoms with Gasteiger partial charge in [-0.25, -0.2) is 9.67 Å². The maximum Gasteiger partial charge on any atom is 0.274 e. The normalized spacial score (nSPS) is 15.9. The number of hydrogen-bond donors (Lipinski definition) is 0. The van der Waals surface area contributed by atoms with Crippen LogP contribution in [0, 0.1) is 0 Å². The van der Waals surface area contributed by atoms with E-state index in [0.717, 1.165) is 47.2 Å². The van der Waals surface area contributed by atoms with Gasteiger partial charge in [0.25, 0.3) is 5.91 Å². The second-order valence-corrected chi connectivity index (χ2v) is 8.09. The van der Waals surface area contributed by atoms with Crippen molar-refractivity contribution in [1.29, 1.82) is 0 Å². The van der Waals surface area contributed by atoms with Crippen molar-refractivity contribution in [3.8, 4) is 5.13 Å². The molecule has 1 amide bonds. The van der Waals surface area contributed by atoms with Crippen molar-refractivity contribution in [3.05, 3.63) is 41.7 Å². The molecule has 0 aliphatic carbocycles. The van der Waals surface area contributed by atoms with Gasteiger partial charge in [0.2, 0.25) is 5.13 Å². The number of fused-ring (bicyclic) bond motifs is 1. The molecule has 0 bridgehead atoms. The molecule has 1 saturated heterocycles. The minimum Gasteiger partial charge on any atom is -0.335 e. The Morgan fingerprint density at radius 1 is 1.15 bits per heavy atom. The lowest BCUT2D eigenvalue weighted by Gasteiger charge is -2.31. The number of likely N-dealkylation sites (N-methyl/N-ethyl adjacent to an activating group) is 1. The zero-order valence-corrected chi connectivity index (χ0v) is 16.2. The van der Waals surface area contributed by atoms with Crippen molar-refractivity contribution in [2.75, 3.05) is 33.2 Å². The van der Waals surface area contributed by atoms with E-state index < -0.39 is 0 Å². The Hall–Kier alpha value is -2.25. The molecule has 0 saturated carbocycles. The van der Waals surface area contributed by atoms with E-state index >= 15 is 0 Å². The van der Waals surface area contributed by atoms with Gasteiger partial charge in [0, 0.05) is 26.2 Å². The summed E-state index contributed by atoms with van der Waals surface area (Å²) in [6.07, 6.45) is 0. The van der Waals surface area contributed by atoms with E-state index in [1.165, 1.54) is 0 Å². The van der Waals surface area contributed by atoms with Crippen molar-refractivity contribution in [3.63, 3.8) is 0 Å². The van der Waals surface area contributed by atoms with Gasteiger partial charge in [-0.3, -0.25) is 4.79 Å². The number of benzene rings is 1. The molecule has 0 N–H and O–H groups in total. The van der Waals surface area contributed by atoms with Crippen LogP contribution in [-0.2, 0) is 0 Å². The monoisotopic (exact) mass is 369 g/mol. The maximum atomic E-state index is 12.9. The third kappa shape index (κ3) is 3.12. The standard InChI is InChI=1S/C19H23N5OS/c1-13(2)16-12-15(18(25)23-10-8-22(3)9-11-23)21-24(16)19-20-14-6-4-5-7-17(14)26-19/h4-7,12-13H,8-11H2,1-3H3. The predicted molar refractivity (Wildman–Crippen MR) is 104 cm³/mol. The lowest BCUT2D eigenvalue weighted by atomic mass is 10.1. The van der Waals surface area contributed by atoms with Crippen LogP contribution in [0.2, 0.25) is 0 Å². The van der Waals surface area contributed by atoms with Gasteiger partial charge in [0.1, 0.15) is 0 Å². The van der Waals surface area contributed by atoms with Gasteiger partial charge in [-0.15, -0.1) is 0 Å². The van der Waals surface area contributed by atoms with E-state index in [1.54, 1.807) is 11.3 Å². The Morgan fingerprint density at radius 3 is 2.58 bits per heavy atom. The number of para-hydroxylation sites is 1. The number of thiazole rings is 1. The molecule has 7 heteroatoms. The summed E-state index contributed by atoms with van der Waals surface area (Å²) in [6, 6.07) is 9.99. The number of amides is 1. The predicted octanol–water partition coefficient (Wildman–Crippen LogP) is 2.99. The van der Waals surface area contributed by atoms with Crippen molar-refractivity contribution in [1.82, 2.24) is 24.6 Å². The average Bonchev–Trinajstić information content (AvgIpc) is 3.26. The quantitative estimate of drug-likeness (QED) is 0.712. The number of nitrogens with zero attached hydrogens (tertiary/aromatic N) is 5.